The second kappa shape index (κ2) is 10.6. The van der Waals surface area contributed by atoms with Gasteiger partial charge in [0.2, 0.25) is 0 Å². The van der Waals surface area contributed by atoms with Gasteiger partial charge in [0.25, 0.3) is 0 Å². The van der Waals surface area contributed by atoms with Crippen LogP contribution in [-0.2, 0) is 4.74 Å². The summed E-state index contributed by atoms with van der Waals surface area (Å²) in [4.78, 5) is 9.71. The van der Waals surface area contributed by atoms with Gasteiger partial charge in [-0.05, 0) is 58.8 Å². The van der Waals surface area contributed by atoms with Crippen LogP contribution in [0.15, 0.2) is 34.9 Å². The van der Waals surface area contributed by atoms with Crippen LogP contribution < -0.4 is 15.4 Å². The number of benzene rings is 1. The molecule has 0 spiro atoms. The van der Waals surface area contributed by atoms with Gasteiger partial charge in [0.15, 0.2) is 5.82 Å². The molecule has 0 radical (unpaired) electrons. The second-order valence-corrected chi connectivity index (χ2v) is 8.03. The minimum absolute atomic E-state index is 0.325. The van der Waals surface area contributed by atoms with Crippen LogP contribution in [0.1, 0.15) is 30.7 Å². The number of rotatable bonds is 9. The fourth-order valence-corrected chi connectivity index (χ4v) is 3.84. The van der Waals surface area contributed by atoms with Crippen molar-refractivity contribution in [2.24, 2.45) is 0 Å². The Morgan fingerprint density at radius 1 is 1.12 bits per heavy atom. The Balaban J connectivity index is 1.66. The molecule has 3 heterocycles. The lowest BCUT2D eigenvalue weighted by Crippen LogP contribution is -2.28. The molecule has 0 atom stereocenters. The fraction of sp³-hybridized carbons (Fsp3) is 0.458. The third-order valence-corrected chi connectivity index (χ3v) is 5.52. The summed E-state index contributed by atoms with van der Waals surface area (Å²) in [7, 11) is 1.94. The minimum atomic E-state index is 0.325. The van der Waals surface area contributed by atoms with Crippen LogP contribution in [-0.4, -0.2) is 54.6 Å². The number of nitrogens with one attached hydrogen (secondary N) is 2. The molecule has 170 valence electrons. The van der Waals surface area contributed by atoms with Crippen molar-refractivity contribution in [3.05, 3.63) is 41.8 Å². The smallest absolute Gasteiger partial charge is 0.162 e. The highest BCUT2D eigenvalue weighted by Crippen LogP contribution is 2.30. The number of aromatic nitrogens is 3. The normalized spacial score (nSPS) is 14.5. The van der Waals surface area contributed by atoms with Crippen molar-refractivity contribution >= 4 is 5.82 Å². The second-order valence-electron chi connectivity index (χ2n) is 8.03. The van der Waals surface area contributed by atoms with Crippen molar-refractivity contribution in [1.82, 2.24) is 20.4 Å². The molecule has 8 heteroatoms. The van der Waals surface area contributed by atoms with E-state index in [4.69, 9.17) is 24.0 Å². The van der Waals surface area contributed by atoms with Crippen molar-refractivity contribution in [1.29, 1.82) is 0 Å². The van der Waals surface area contributed by atoms with Crippen molar-refractivity contribution in [3.8, 4) is 28.4 Å². The zero-order chi connectivity index (χ0) is 22.3. The summed E-state index contributed by atoms with van der Waals surface area (Å²) in [5.41, 5.74) is 3.41. The van der Waals surface area contributed by atoms with Gasteiger partial charge in [-0.1, -0.05) is 17.3 Å². The molecule has 0 aliphatic carbocycles. The Kier molecular flexibility index (Phi) is 7.34. The van der Waals surface area contributed by atoms with E-state index in [2.05, 4.69) is 15.8 Å². The molecular formula is C24H31N5O3. The van der Waals surface area contributed by atoms with Crippen LogP contribution in [0.3, 0.4) is 0 Å². The van der Waals surface area contributed by atoms with E-state index in [1.807, 2.05) is 51.2 Å². The summed E-state index contributed by atoms with van der Waals surface area (Å²) in [6.45, 7) is 6.93. The lowest BCUT2D eigenvalue weighted by atomic mass is 10.1. The third-order valence-electron chi connectivity index (χ3n) is 5.52. The number of hydrogen-bond donors (Lipinski definition) is 2. The highest BCUT2D eigenvalue weighted by Gasteiger charge is 2.19. The topological polar surface area (TPSA) is 94.3 Å². The van der Waals surface area contributed by atoms with Crippen molar-refractivity contribution in [2.75, 3.05) is 38.7 Å². The molecule has 32 heavy (non-hydrogen) atoms. The zero-order valence-electron chi connectivity index (χ0n) is 19.0. The van der Waals surface area contributed by atoms with Gasteiger partial charge in [-0.25, -0.2) is 9.97 Å². The van der Waals surface area contributed by atoms with Gasteiger partial charge in [0.1, 0.15) is 17.3 Å². The van der Waals surface area contributed by atoms with E-state index in [9.17, 15) is 0 Å². The van der Waals surface area contributed by atoms with E-state index >= 15 is 0 Å². The van der Waals surface area contributed by atoms with Crippen LogP contribution in [0.4, 0.5) is 5.82 Å². The molecule has 0 bridgehead atoms. The quantitative estimate of drug-likeness (QED) is 0.485. The van der Waals surface area contributed by atoms with E-state index in [1.165, 1.54) is 0 Å². The summed E-state index contributed by atoms with van der Waals surface area (Å²) < 4.78 is 16.8. The summed E-state index contributed by atoms with van der Waals surface area (Å²) in [6, 6.07) is 10.2. The number of anilines is 1. The van der Waals surface area contributed by atoms with Crippen LogP contribution in [0.5, 0.6) is 5.75 Å². The standard InChI is InChI=1S/C24H31N5O3/c1-16-23(17(2)32-29-16)21-15-22(26-19-8-12-30-13-9-19)28-24(27-21)18-6-4-7-20(14-18)31-11-5-10-25-3/h4,6-7,14-15,19,25H,5,8-13H2,1-3H3,(H,26,27,28). The van der Waals surface area contributed by atoms with Gasteiger partial charge in [-0.15, -0.1) is 0 Å². The molecule has 0 saturated carbocycles. The Morgan fingerprint density at radius 3 is 2.72 bits per heavy atom. The van der Waals surface area contributed by atoms with Crippen LogP contribution >= 0.6 is 0 Å². The highest BCUT2D eigenvalue weighted by atomic mass is 16.5. The zero-order valence-corrected chi connectivity index (χ0v) is 19.0. The average molecular weight is 438 g/mol. The maximum Gasteiger partial charge on any atom is 0.162 e. The minimum Gasteiger partial charge on any atom is -0.494 e. The number of hydrogen-bond acceptors (Lipinski definition) is 8. The predicted molar refractivity (Wildman–Crippen MR) is 124 cm³/mol. The van der Waals surface area contributed by atoms with E-state index < -0.39 is 0 Å². The Hall–Kier alpha value is -2.97. The molecular weight excluding hydrogens is 406 g/mol. The molecule has 4 rings (SSSR count). The molecule has 8 nitrogen and oxygen atoms in total. The summed E-state index contributed by atoms with van der Waals surface area (Å²) >= 11 is 0. The number of aryl methyl sites for hydroxylation is 2. The first-order valence-electron chi connectivity index (χ1n) is 11.2. The first-order chi connectivity index (χ1) is 15.6. The third kappa shape index (κ3) is 5.44. The summed E-state index contributed by atoms with van der Waals surface area (Å²) in [6.07, 6.45) is 2.85. The lowest BCUT2D eigenvalue weighted by molar-refractivity contribution is 0.0904. The van der Waals surface area contributed by atoms with Gasteiger partial charge in [0, 0.05) is 30.9 Å². The monoisotopic (exact) mass is 437 g/mol. The Labute approximate surface area is 188 Å². The maximum absolute atomic E-state index is 5.91. The molecule has 3 aromatic rings. The molecule has 1 aliphatic heterocycles. The summed E-state index contributed by atoms with van der Waals surface area (Å²) in [5, 5.41) is 10.8. The molecule has 2 aromatic heterocycles. The van der Waals surface area contributed by atoms with E-state index in [0.29, 0.717) is 18.5 Å². The molecule has 0 unspecified atom stereocenters. The van der Waals surface area contributed by atoms with Gasteiger partial charge >= 0.3 is 0 Å². The SMILES string of the molecule is CNCCCOc1cccc(-c2nc(NC3CCOCC3)cc(-c3c(C)noc3C)n2)c1. The molecule has 1 aromatic carbocycles. The largest absolute Gasteiger partial charge is 0.494 e. The van der Waals surface area contributed by atoms with E-state index in [0.717, 1.165) is 78.9 Å². The summed E-state index contributed by atoms with van der Waals surface area (Å²) in [5.74, 6) is 2.98. The van der Waals surface area contributed by atoms with E-state index in [-0.39, 0.29) is 0 Å². The van der Waals surface area contributed by atoms with Gasteiger partial charge < -0.3 is 24.6 Å². The fourth-order valence-electron chi connectivity index (χ4n) is 3.84. The molecule has 1 saturated heterocycles. The van der Waals surface area contributed by atoms with Crippen LogP contribution in [0.2, 0.25) is 0 Å². The van der Waals surface area contributed by atoms with Crippen molar-refractivity contribution in [2.45, 2.75) is 39.2 Å². The molecule has 1 fully saturated rings. The lowest BCUT2D eigenvalue weighted by Gasteiger charge is -2.24. The number of ether oxygens (including phenoxy) is 2. The average Bonchev–Trinajstić information content (AvgIpc) is 3.15. The van der Waals surface area contributed by atoms with Gasteiger partial charge in [-0.2, -0.15) is 0 Å². The van der Waals surface area contributed by atoms with Crippen LogP contribution in [0.25, 0.3) is 22.6 Å². The highest BCUT2D eigenvalue weighted by molar-refractivity contribution is 5.70. The Bertz CT molecular complexity index is 1010. The van der Waals surface area contributed by atoms with Crippen LogP contribution in [0, 0.1) is 13.8 Å². The molecule has 2 N–H and O–H groups in total. The first kappa shape index (κ1) is 22.2. The molecule has 1 aliphatic rings. The first-order valence-corrected chi connectivity index (χ1v) is 11.2. The molecule has 0 amide bonds. The maximum atomic E-state index is 5.91. The van der Waals surface area contributed by atoms with Gasteiger partial charge in [-0.3, -0.25) is 0 Å². The van der Waals surface area contributed by atoms with E-state index in [1.54, 1.807) is 0 Å². The van der Waals surface area contributed by atoms with Crippen molar-refractivity contribution in [3.63, 3.8) is 0 Å². The predicted octanol–water partition coefficient (Wildman–Crippen LogP) is 3.99. The van der Waals surface area contributed by atoms with Gasteiger partial charge in [0.05, 0.1) is 23.6 Å². The van der Waals surface area contributed by atoms with Crippen molar-refractivity contribution < 1.29 is 14.0 Å². The number of nitrogens with zero attached hydrogens (tertiary/aromatic N) is 3. The Morgan fingerprint density at radius 2 is 1.97 bits per heavy atom.